The van der Waals surface area contributed by atoms with Crippen molar-refractivity contribution in [3.05, 3.63) is 51.6 Å². The Morgan fingerprint density at radius 2 is 2.21 bits per heavy atom. The predicted molar refractivity (Wildman–Crippen MR) is 87.9 cm³/mol. The maximum absolute atomic E-state index is 13.3. The fourth-order valence-electron chi connectivity index (χ4n) is 3.13. The van der Waals surface area contributed by atoms with Gasteiger partial charge in [0, 0.05) is 11.4 Å². The first kappa shape index (κ1) is 15.1. The van der Waals surface area contributed by atoms with E-state index in [4.69, 9.17) is 16.1 Å². The zero-order chi connectivity index (χ0) is 16.8. The van der Waals surface area contributed by atoms with E-state index in [0.29, 0.717) is 28.0 Å². The van der Waals surface area contributed by atoms with Crippen LogP contribution in [-0.4, -0.2) is 16.0 Å². The molecule has 122 valence electrons. The maximum Gasteiger partial charge on any atom is 0.259 e. The lowest BCUT2D eigenvalue weighted by molar-refractivity contribution is 0.102. The van der Waals surface area contributed by atoms with Gasteiger partial charge in [0.25, 0.3) is 11.6 Å². The smallest absolute Gasteiger partial charge is 0.259 e. The van der Waals surface area contributed by atoms with E-state index in [1.54, 1.807) is 6.92 Å². The van der Waals surface area contributed by atoms with Crippen LogP contribution in [0.1, 0.15) is 33.7 Å². The van der Waals surface area contributed by atoms with Crippen LogP contribution in [0, 0.1) is 12.7 Å². The molecule has 1 aliphatic carbocycles. The van der Waals surface area contributed by atoms with Gasteiger partial charge in [-0.3, -0.25) is 4.79 Å². The lowest BCUT2D eigenvalue weighted by Crippen LogP contribution is -2.15. The van der Waals surface area contributed by atoms with Gasteiger partial charge < -0.3 is 9.84 Å². The third-order valence-electron chi connectivity index (χ3n) is 4.23. The van der Waals surface area contributed by atoms with E-state index >= 15 is 0 Å². The molecule has 1 N–H and O–H groups in total. The van der Waals surface area contributed by atoms with E-state index in [9.17, 15) is 9.18 Å². The van der Waals surface area contributed by atoms with Crippen molar-refractivity contribution in [2.45, 2.75) is 26.2 Å². The summed E-state index contributed by atoms with van der Waals surface area (Å²) in [4.78, 5) is 17.4. The fraction of sp³-hybridized carbons (Fsp3) is 0.235. The molecule has 0 fully saturated rings. The molecule has 0 bridgehead atoms. The average Bonchev–Trinajstić information content (AvgIpc) is 3.16. The van der Waals surface area contributed by atoms with E-state index in [1.807, 2.05) is 0 Å². The van der Waals surface area contributed by atoms with Crippen LogP contribution >= 0.6 is 11.6 Å². The molecule has 0 saturated heterocycles. The SMILES string of the molecule is Cc1noc2nc3c(c(C(=O)Nc4ccc(F)c(Cl)c4)c12)CCC3. The summed E-state index contributed by atoms with van der Waals surface area (Å²) in [6.07, 6.45) is 2.55. The molecule has 4 rings (SSSR count). The Hall–Kier alpha value is -2.47. The summed E-state index contributed by atoms with van der Waals surface area (Å²) in [5, 5.41) is 7.29. The number of pyridine rings is 1. The molecule has 1 amide bonds. The summed E-state index contributed by atoms with van der Waals surface area (Å²) in [6.45, 7) is 1.78. The summed E-state index contributed by atoms with van der Waals surface area (Å²) in [5.74, 6) is -0.828. The van der Waals surface area contributed by atoms with E-state index < -0.39 is 5.82 Å². The van der Waals surface area contributed by atoms with E-state index in [0.717, 1.165) is 30.5 Å². The molecule has 0 unspecified atom stereocenters. The summed E-state index contributed by atoms with van der Waals surface area (Å²) in [7, 11) is 0. The maximum atomic E-state index is 13.3. The molecule has 1 aliphatic rings. The topological polar surface area (TPSA) is 68.0 Å². The van der Waals surface area contributed by atoms with Gasteiger partial charge in [-0.1, -0.05) is 16.8 Å². The molecule has 2 heterocycles. The zero-order valence-electron chi connectivity index (χ0n) is 12.8. The summed E-state index contributed by atoms with van der Waals surface area (Å²) < 4.78 is 18.5. The largest absolute Gasteiger partial charge is 0.336 e. The number of fused-ring (bicyclic) bond motifs is 2. The minimum Gasteiger partial charge on any atom is -0.336 e. The van der Waals surface area contributed by atoms with Crippen LogP contribution in [0.2, 0.25) is 5.02 Å². The molecule has 0 aliphatic heterocycles. The Labute approximate surface area is 141 Å². The van der Waals surface area contributed by atoms with Gasteiger partial charge in [-0.25, -0.2) is 9.37 Å². The van der Waals surface area contributed by atoms with Crippen molar-refractivity contribution in [3.63, 3.8) is 0 Å². The molecular formula is C17H13ClFN3O2. The normalized spacial score (nSPS) is 13.3. The Kier molecular flexibility index (Phi) is 3.49. The number of nitrogens with one attached hydrogen (secondary N) is 1. The minimum atomic E-state index is -0.531. The number of anilines is 1. The Balaban J connectivity index is 1.81. The first-order chi connectivity index (χ1) is 11.5. The average molecular weight is 346 g/mol. The third-order valence-corrected chi connectivity index (χ3v) is 4.52. The molecule has 5 nitrogen and oxygen atoms in total. The van der Waals surface area contributed by atoms with Crippen molar-refractivity contribution in [2.75, 3.05) is 5.32 Å². The highest BCUT2D eigenvalue weighted by molar-refractivity contribution is 6.31. The molecule has 1 aromatic carbocycles. The van der Waals surface area contributed by atoms with Crippen LogP contribution in [0.15, 0.2) is 22.7 Å². The van der Waals surface area contributed by atoms with E-state index in [1.165, 1.54) is 18.2 Å². The van der Waals surface area contributed by atoms with Gasteiger partial charge in [-0.2, -0.15) is 0 Å². The number of rotatable bonds is 2. The second-order valence-corrected chi connectivity index (χ2v) is 6.20. The lowest BCUT2D eigenvalue weighted by Gasteiger charge is -2.11. The monoisotopic (exact) mass is 345 g/mol. The molecular weight excluding hydrogens is 333 g/mol. The quantitative estimate of drug-likeness (QED) is 0.760. The number of aromatic nitrogens is 2. The number of carbonyl (C=O) groups excluding carboxylic acids is 1. The number of amides is 1. The second-order valence-electron chi connectivity index (χ2n) is 5.80. The number of nitrogens with zero attached hydrogens (tertiary/aromatic N) is 2. The van der Waals surface area contributed by atoms with Crippen LogP contribution in [-0.2, 0) is 12.8 Å². The number of benzene rings is 1. The highest BCUT2D eigenvalue weighted by atomic mass is 35.5. The van der Waals surface area contributed by atoms with Crippen LogP contribution in [0.25, 0.3) is 11.1 Å². The first-order valence-corrected chi connectivity index (χ1v) is 7.96. The van der Waals surface area contributed by atoms with Crippen molar-refractivity contribution >= 4 is 34.3 Å². The van der Waals surface area contributed by atoms with Gasteiger partial charge in [-0.15, -0.1) is 0 Å². The van der Waals surface area contributed by atoms with Crippen molar-refractivity contribution in [1.82, 2.24) is 10.1 Å². The standard InChI is InChI=1S/C17H13ClFN3O2/c1-8-14-15(10-3-2-4-13(10)21-17(14)24-22-8)16(23)20-9-5-6-12(19)11(18)7-9/h5-7H,2-4H2,1H3,(H,20,23). The molecule has 0 spiro atoms. The first-order valence-electron chi connectivity index (χ1n) is 7.58. The van der Waals surface area contributed by atoms with Gasteiger partial charge in [0.15, 0.2) is 0 Å². The molecule has 0 atom stereocenters. The van der Waals surface area contributed by atoms with Gasteiger partial charge >= 0.3 is 0 Å². The third kappa shape index (κ3) is 2.34. The predicted octanol–water partition coefficient (Wildman–Crippen LogP) is 4.06. The van der Waals surface area contributed by atoms with E-state index in [2.05, 4.69) is 15.5 Å². The Bertz CT molecular complexity index is 984. The van der Waals surface area contributed by atoms with Crippen molar-refractivity contribution in [2.24, 2.45) is 0 Å². The number of carbonyl (C=O) groups is 1. The zero-order valence-corrected chi connectivity index (χ0v) is 13.6. The van der Waals surface area contributed by atoms with Crippen LogP contribution in [0.5, 0.6) is 0 Å². The molecule has 0 saturated carbocycles. The van der Waals surface area contributed by atoms with Crippen LogP contribution < -0.4 is 5.32 Å². The highest BCUT2D eigenvalue weighted by Gasteiger charge is 2.27. The molecule has 24 heavy (non-hydrogen) atoms. The second kappa shape index (κ2) is 5.56. The highest BCUT2D eigenvalue weighted by Crippen LogP contribution is 2.32. The number of hydrogen-bond acceptors (Lipinski definition) is 4. The number of aryl methyl sites for hydroxylation is 2. The number of hydrogen-bond donors (Lipinski definition) is 1. The van der Waals surface area contributed by atoms with Gasteiger partial charge in [-0.05, 0) is 49.9 Å². The molecule has 3 aromatic rings. The van der Waals surface area contributed by atoms with Crippen molar-refractivity contribution < 1.29 is 13.7 Å². The van der Waals surface area contributed by atoms with Gasteiger partial charge in [0.1, 0.15) is 5.82 Å². The minimum absolute atomic E-state index is 0.0425. The summed E-state index contributed by atoms with van der Waals surface area (Å²) >= 11 is 5.78. The van der Waals surface area contributed by atoms with Gasteiger partial charge in [0.2, 0.25) is 0 Å². The van der Waals surface area contributed by atoms with E-state index in [-0.39, 0.29) is 10.9 Å². The lowest BCUT2D eigenvalue weighted by atomic mass is 10.0. The van der Waals surface area contributed by atoms with Crippen LogP contribution in [0.3, 0.4) is 0 Å². The molecule has 0 radical (unpaired) electrons. The Morgan fingerprint density at radius 1 is 1.38 bits per heavy atom. The van der Waals surface area contributed by atoms with Gasteiger partial charge in [0.05, 0.1) is 21.7 Å². The molecule has 7 heteroatoms. The summed E-state index contributed by atoms with van der Waals surface area (Å²) in [5.41, 5.74) is 3.76. The van der Waals surface area contributed by atoms with Crippen molar-refractivity contribution in [3.8, 4) is 0 Å². The Morgan fingerprint density at radius 3 is 3.00 bits per heavy atom. The summed E-state index contributed by atoms with van der Waals surface area (Å²) in [6, 6.07) is 4.07. The fourth-order valence-corrected chi connectivity index (χ4v) is 3.31. The number of halogens is 2. The molecule has 2 aromatic heterocycles. The van der Waals surface area contributed by atoms with Crippen molar-refractivity contribution in [1.29, 1.82) is 0 Å². The van der Waals surface area contributed by atoms with Crippen LogP contribution in [0.4, 0.5) is 10.1 Å².